The van der Waals surface area contributed by atoms with E-state index in [0.717, 1.165) is 22.7 Å². The lowest BCUT2D eigenvalue weighted by molar-refractivity contribution is 0.590. The maximum absolute atomic E-state index is 7.02. The first kappa shape index (κ1) is 25.7. The molecule has 8 aromatic rings. The molecule has 0 amide bonds. The van der Waals surface area contributed by atoms with Crippen molar-refractivity contribution in [2.24, 2.45) is 0 Å². The summed E-state index contributed by atoms with van der Waals surface area (Å²) in [5.41, 5.74) is 13.1. The fourth-order valence-corrected chi connectivity index (χ4v) is 8.60. The Morgan fingerprint density at radius 3 is 1.98 bits per heavy atom. The van der Waals surface area contributed by atoms with Gasteiger partial charge in [0, 0.05) is 37.9 Å². The van der Waals surface area contributed by atoms with Gasteiger partial charge in [-0.15, -0.1) is 11.3 Å². The Balaban J connectivity index is 1.29. The number of thiophene rings is 1. The van der Waals surface area contributed by atoms with Crippen molar-refractivity contribution >= 4 is 66.4 Å². The third kappa shape index (κ3) is 3.77. The van der Waals surface area contributed by atoms with Crippen LogP contribution in [-0.2, 0) is 0 Å². The topological polar surface area (TPSA) is 12.5 Å². The van der Waals surface area contributed by atoms with Gasteiger partial charge < -0.3 is 9.55 Å². The maximum Gasteiger partial charge on any atom is 0.431 e. The van der Waals surface area contributed by atoms with Gasteiger partial charge in [-0.2, -0.15) is 0 Å². The van der Waals surface area contributed by atoms with Gasteiger partial charge in [-0.25, -0.2) is 0 Å². The summed E-state index contributed by atoms with van der Waals surface area (Å²) in [6.45, 7) is -0.229. The van der Waals surface area contributed by atoms with Crippen molar-refractivity contribution in [3.8, 4) is 39.1 Å². The molecule has 2 aliphatic heterocycles. The molecule has 0 saturated heterocycles. The summed E-state index contributed by atoms with van der Waals surface area (Å²) < 4.78 is 9.61. The molecule has 4 heteroatoms. The first-order valence-corrected chi connectivity index (χ1v) is 16.5. The molecule has 0 spiro atoms. The van der Waals surface area contributed by atoms with E-state index >= 15 is 0 Å². The second-order valence-electron chi connectivity index (χ2n) is 12.0. The molecule has 0 unspecified atom stereocenters. The first-order chi connectivity index (χ1) is 22.8. The molecule has 0 bridgehead atoms. The number of rotatable bonds is 3. The van der Waals surface area contributed by atoms with Crippen LogP contribution in [0.15, 0.2) is 158 Å². The van der Waals surface area contributed by atoms with E-state index in [4.69, 9.17) is 4.65 Å². The number of para-hydroxylation sites is 1. The lowest BCUT2D eigenvalue weighted by Gasteiger charge is -2.40. The SMILES string of the molecule is c1ccc(-c2ccc(N3c4ccc(-c5ccccc5)cc4B4Oc5ccccc5-c5cc6c(sc7ccccc76)c3c54)cc2)cc1. The summed E-state index contributed by atoms with van der Waals surface area (Å²) in [5.74, 6) is 0.932. The molecule has 0 fully saturated rings. The van der Waals surface area contributed by atoms with Crippen molar-refractivity contribution in [1.29, 1.82) is 0 Å². The van der Waals surface area contributed by atoms with Crippen molar-refractivity contribution < 1.29 is 4.65 Å². The first-order valence-electron chi connectivity index (χ1n) is 15.7. The van der Waals surface area contributed by atoms with E-state index in [1.54, 1.807) is 0 Å². The van der Waals surface area contributed by atoms with Crippen LogP contribution < -0.4 is 20.5 Å². The molecule has 46 heavy (non-hydrogen) atoms. The normalized spacial score (nSPS) is 12.9. The predicted molar refractivity (Wildman–Crippen MR) is 196 cm³/mol. The molecule has 3 heterocycles. The van der Waals surface area contributed by atoms with Crippen LogP contribution in [0.2, 0.25) is 0 Å². The lowest BCUT2D eigenvalue weighted by atomic mass is 9.49. The van der Waals surface area contributed by atoms with Gasteiger partial charge in [0.05, 0.1) is 10.4 Å². The highest BCUT2D eigenvalue weighted by Crippen LogP contribution is 2.50. The zero-order chi connectivity index (χ0) is 30.2. The summed E-state index contributed by atoms with van der Waals surface area (Å²) in [6.07, 6.45) is 0. The maximum atomic E-state index is 7.02. The van der Waals surface area contributed by atoms with Crippen molar-refractivity contribution in [3.63, 3.8) is 0 Å². The average molecular weight is 604 g/mol. The van der Waals surface area contributed by atoms with Crippen LogP contribution >= 0.6 is 11.3 Å². The van der Waals surface area contributed by atoms with E-state index < -0.39 is 0 Å². The quantitative estimate of drug-likeness (QED) is 0.186. The Hall–Kier alpha value is -5.58. The molecule has 7 aromatic carbocycles. The molecule has 0 aliphatic carbocycles. The Kier molecular flexibility index (Phi) is 5.57. The highest BCUT2D eigenvalue weighted by atomic mass is 32.1. The van der Waals surface area contributed by atoms with Gasteiger partial charge in [-0.3, -0.25) is 0 Å². The molecule has 0 atom stereocenters. The zero-order valence-electron chi connectivity index (χ0n) is 24.9. The van der Waals surface area contributed by atoms with E-state index in [-0.39, 0.29) is 6.92 Å². The fraction of sp³-hybridized carbons (Fsp3) is 0. The summed E-state index contributed by atoms with van der Waals surface area (Å²) in [4.78, 5) is 2.49. The minimum Gasteiger partial charge on any atom is -0.551 e. The minimum atomic E-state index is -0.229. The Morgan fingerprint density at radius 1 is 0.522 bits per heavy atom. The van der Waals surface area contributed by atoms with E-state index in [2.05, 4.69) is 163 Å². The zero-order valence-corrected chi connectivity index (χ0v) is 25.7. The molecule has 0 radical (unpaired) electrons. The number of benzene rings is 7. The van der Waals surface area contributed by atoms with Crippen LogP contribution in [0.1, 0.15) is 0 Å². The van der Waals surface area contributed by atoms with E-state index in [0.29, 0.717) is 0 Å². The van der Waals surface area contributed by atoms with Gasteiger partial charge in [0.2, 0.25) is 0 Å². The van der Waals surface area contributed by atoms with Crippen molar-refractivity contribution in [1.82, 2.24) is 0 Å². The van der Waals surface area contributed by atoms with Gasteiger partial charge in [-0.1, -0.05) is 121 Å². The molecular formula is C42H26BNOS. The van der Waals surface area contributed by atoms with Crippen LogP contribution in [0, 0.1) is 0 Å². The van der Waals surface area contributed by atoms with E-state index in [1.807, 2.05) is 11.3 Å². The largest absolute Gasteiger partial charge is 0.551 e. The monoisotopic (exact) mass is 603 g/mol. The van der Waals surface area contributed by atoms with Crippen LogP contribution in [0.3, 0.4) is 0 Å². The van der Waals surface area contributed by atoms with Crippen LogP contribution in [0.5, 0.6) is 5.75 Å². The molecule has 2 nitrogen and oxygen atoms in total. The van der Waals surface area contributed by atoms with Crippen LogP contribution in [-0.4, -0.2) is 6.92 Å². The van der Waals surface area contributed by atoms with E-state index in [9.17, 15) is 0 Å². The summed E-state index contributed by atoms with van der Waals surface area (Å²) in [7, 11) is 0. The fourth-order valence-electron chi connectivity index (χ4n) is 7.36. The highest BCUT2D eigenvalue weighted by molar-refractivity contribution is 7.26. The molecule has 10 rings (SSSR count). The Labute approximate surface area is 271 Å². The summed E-state index contributed by atoms with van der Waals surface area (Å²) in [6, 6.07) is 56.9. The van der Waals surface area contributed by atoms with E-state index in [1.165, 1.54) is 64.6 Å². The molecule has 1 aromatic heterocycles. The van der Waals surface area contributed by atoms with Gasteiger partial charge in [-0.05, 0) is 69.7 Å². The molecule has 2 aliphatic rings. The number of nitrogens with zero attached hydrogens (tertiary/aromatic N) is 1. The van der Waals surface area contributed by atoms with Crippen molar-refractivity contribution in [3.05, 3.63) is 158 Å². The van der Waals surface area contributed by atoms with Crippen LogP contribution in [0.25, 0.3) is 53.6 Å². The van der Waals surface area contributed by atoms with Gasteiger partial charge in [0.15, 0.2) is 0 Å². The predicted octanol–water partition coefficient (Wildman–Crippen LogP) is 10.3. The second-order valence-corrected chi connectivity index (χ2v) is 13.1. The average Bonchev–Trinajstić information content (AvgIpc) is 3.51. The standard InChI is InChI=1S/C42H26BNOS/c1-3-11-27(12-4-1)29-19-22-31(23-20-29)44-37-24-21-30(28-13-5-2-6-14-28)25-36(37)43-40-34(32-15-7-9-17-38(32)45-43)26-35-33-16-8-10-18-39(33)46-42(35)41(40)44/h1-26H. The summed E-state index contributed by atoms with van der Waals surface area (Å²) >= 11 is 1.88. The number of hydrogen-bond donors (Lipinski definition) is 0. The second kappa shape index (κ2) is 9.97. The molecular weight excluding hydrogens is 577 g/mol. The Bertz CT molecular complexity index is 2450. The van der Waals surface area contributed by atoms with Crippen molar-refractivity contribution in [2.45, 2.75) is 0 Å². The number of hydrogen-bond acceptors (Lipinski definition) is 3. The molecule has 0 N–H and O–H groups in total. The number of anilines is 3. The van der Waals surface area contributed by atoms with Gasteiger partial charge >= 0.3 is 6.92 Å². The number of fused-ring (bicyclic) bond motifs is 8. The van der Waals surface area contributed by atoms with Gasteiger partial charge in [0.25, 0.3) is 0 Å². The van der Waals surface area contributed by atoms with Crippen molar-refractivity contribution in [2.75, 3.05) is 4.90 Å². The lowest BCUT2D eigenvalue weighted by Crippen LogP contribution is -2.56. The smallest absolute Gasteiger partial charge is 0.431 e. The van der Waals surface area contributed by atoms with Gasteiger partial charge in [0.1, 0.15) is 5.75 Å². The Morgan fingerprint density at radius 2 is 1.17 bits per heavy atom. The summed E-state index contributed by atoms with van der Waals surface area (Å²) in [5, 5.41) is 2.59. The third-order valence-electron chi connectivity index (χ3n) is 9.48. The minimum absolute atomic E-state index is 0.229. The van der Waals surface area contributed by atoms with Crippen LogP contribution in [0.4, 0.5) is 17.1 Å². The molecule has 214 valence electrons. The third-order valence-corrected chi connectivity index (χ3v) is 10.7. The highest BCUT2D eigenvalue weighted by Gasteiger charge is 2.44. The molecule has 0 saturated carbocycles.